The van der Waals surface area contributed by atoms with E-state index in [2.05, 4.69) is 5.32 Å². The average molecular weight is 380 g/mol. The molecule has 1 aliphatic heterocycles. The van der Waals surface area contributed by atoms with Gasteiger partial charge in [0.05, 0.1) is 4.34 Å². The number of amides is 1. The summed E-state index contributed by atoms with van der Waals surface area (Å²) in [5.41, 5.74) is 0. The highest BCUT2D eigenvalue weighted by atomic mass is 35.5. The molecule has 0 bridgehead atoms. The molecule has 9 heteroatoms. The highest BCUT2D eigenvalue weighted by molar-refractivity contribution is 7.91. The third-order valence-corrected chi connectivity index (χ3v) is 7.26. The standard InChI is InChI=1S/C14H22ClN3O3S2/c1-2-8-18(23(20,21)14-4-3-12(15)22-14)9-5-13(19)17-10-6-16-7-11-17/h3-4,16H,2,5-11H2,1H3. The van der Waals surface area contributed by atoms with Gasteiger partial charge >= 0.3 is 0 Å². The predicted octanol–water partition coefficient (Wildman–Crippen LogP) is 1.62. The van der Waals surface area contributed by atoms with E-state index in [-0.39, 0.29) is 23.1 Å². The second kappa shape index (κ2) is 8.43. The fourth-order valence-electron chi connectivity index (χ4n) is 2.46. The molecule has 130 valence electrons. The van der Waals surface area contributed by atoms with Gasteiger partial charge in [-0.05, 0) is 18.6 Å². The molecule has 0 aliphatic carbocycles. The highest BCUT2D eigenvalue weighted by Crippen LogP contribution is 2.28. The molecule has 6 nitrogen and oxygen atoms in total. The lowest BCUT2D eigenvalue weighted by atomic mass is 10.3. The molecule has 1 amide bonds. The maximum atomic E-state index is 12.7. The molecule has 1 N–H and O–H groups in total. The number of piperazine rings is 1. The lowest BCUT2D eigenvalue weighted by Gasteiger charge is -2.28. The normalized spacial score (nSPS) is 16.0. The summed E-state index contributed by atoms with van der Waals surface area (Å²) in [6.45, 7) is 5.45. The van der Waals surface area contributed by atoms with Crippen molar-refractivity contribution in [1.82, 2.24) is 14.5 Å². The van der Waals surface area contributed by atoms with Crippen LogP contribution in [0.1, 0.15) is 19.8 Å². The van der Waals surface area contributed by atoms with E-state index in [0.717, 1.165) is 24.4 Å². The van der Waals surface area contributed by atoms with E-state index >= 15 is 0 Å². The molecule has 0 spiro atoms. The number of nitrogens with one attached hydrogen (secondary N) is 1. The second-order valence-corrected chi connectivity index (χ2v) is 9.22. The number of nitrogens with zero attached hydrogens (tertiary/aromatic N) is 2. The Balaban J connectivity index is 2.02. The van der Waals surface area contributed by atoms with Crippen molar-refractivity contribution in [2.45, 2.75) is 24.0 Å². The van der Waals surface area contributed by atoms with Crippen molar-refractivity contribution in [3.63, 3.8) is 0 Å². The summed E-state index contributed by atoms with van der Waals surface area (Å²) in [6, 6.07) is 3.10. The minimum absolute atomic E-state index is 0.00650. The summed E-state index contributed by atoms with van der Waals surface area (Å²) >= 11 is 6.89. The Morgan fingerprint density at radius 2 is 2.04 bits per heavy atom. The van der Waals surface area contributed by atoms with Crippen molar-refractivity contribution in [3.8, 4) is 0 Å². The third kappa shape index (κ3) is 4.90. The van der Waals surface area contributed by atoms with Crippen LogP contribution in [0.25, 0.3) is 0 Å². The summed E-state index contributed by atoms with van der Waals surface area (Å²) in [6.07, 6.45) is 0.901. The minimum atomic E-state index is -3.58. The Kier molecular flexibility index (Phi) is 6.84. The fraction of sp³-hybridized carbons (Fsp3) is 0.643. The van der Waals surface area contributed by atoms with Gasteiger partial charge in [-0.1, -0.05) is 18.5 Å². The zero-order chi connectivity index (χ0) is 16.9. The summed E-state index contributed by atoms with van der Waals surface area (Å²) in [7, 11) is -3.58. The van der Waals surface area contributed by atoms with Crippen LogP contribution in [-0.4, -0.2) is 62.8 Å². The lowest BCUT2D eigenvalue weighted by Crippen LogP contribution is -2.47. The van der Waals surface area contributed by atoms with Crippen LogP contribution in [0.15, 0.2) is 16.3 Å². The van der Waals surface area contributed by atoms with Gasteiger partial charge in [0.15, 0.2) is 0 Å². The molecule has 2 rings (SSSR count). The van der Waals surface area contributed by atoms with Gasteiger partial charge in [-0.2, -0.15) is 4.31 Å². The minimum Gasteiger partial charge on any atom is -0.340 e. The highest BCUT2D eigenvalue weighted by Gasteiger charge is 2.27. The summed E-state index contributed by atoms with van der Waals surface area (Å²) in [5.74, 6) is 0.00650. The van der Waals surface area contributed by atoms with E-state index in [9.17, 15) is 13.2 Å². The van der Waals surface area contributed by atoms with Crippen molar-refractivity contribution in [3.05, 3.63) is 16.5 Å². The monoisotopic (exact) mass is 379 g/mol. The maximum Gasteiger partial charge on any atom is 0.252 e. The van der Waals surface area contributed by atoms with E-state index in [1.807, 2.05) is 6.92 Å². The van der Waals surface area contributed by atoms with E-state index in [0.29, 0.717) is 30.4 Å². The molecule has 0 atom stereocenters. The zero-order valence-electron chi connectivity index (χ0n) is 13.1. The van der Waals surface area contributed by atoms with Gasteiger partial charge in [0.25, 0.3) is 10.0 Å². The number of thiophene rings is 1. The van der Waals surface area contributed by atoms with Gasteiger partial charge in [-0.15, -0.1) is 11.3 Å². The first kappa shape index (κ1) is 18.7. The van der Waals surface area contributed by atoms with E-state index in [4.69, 9.17) is 11.6 Å². The Morgan fingerprint density at radius 1 is 1.35 bits per heavy atom. The fourth-order valence-corrected chi connectivity index (χ4v) is 5.63. The second-order valence-electron chi connectivity index (χ2n) is 5.34. The van der Waals surface area contributed by atoms with Crippen molar-refractivity contribution in [1.29, 1.82) is 0 Å². The third-order valence-electron chi connectivity index (χ3n) is 3.66. The summed E-state index contributed by atoms with van der Waals surface area (Å²) in [4.78, 5) is 14.0. The predicted molar refractivity (Wildman–Crippen MR) is 92.4 cm³/mol. The van der Waals surface area contributed by atoms with Gasteiger partial charge in [0, 0.05) is 45.7 Å². The first-order valence-corrected chi connectivity index (χ1v) is 10.3. The number of sulfonamides is 1. The molecule has 23 heavy (non-hydrogen) atoms. The molecule has 1 aromatic rings. The SMILES string of the molecule is CCCN(CCC(=O)N1CCNCC1)S(=O)(=O)c1ccc(Cl)s1. The lowest BCUT2D eigenvalue weighted by molar-refractivity contribution is -0.131. The van der Waals surface area contributed by atoms with Crippen molar-refractivity contribution < 1.29 is 13.2 Å². The van der Waals surface area contributed by atoms with Crippen LogP contribution in [0.3, 0.4) is 0 Å². The van der Waals surface area contributed by atoms with Gasteiger partial charge in [0.2, 0.25) is 5.91 Å². The van der Waals surface area contributed by atoms with Crippen molar-refractivity contribution in [2.24, 2.45) is 0 Å². The first-order valence-electron chi connectivity index (χ1n) is 7.69. The van der Waals surface area contributed by atoms with Crippen LogP contribution in [0.5, 0.6) is 0 Å². The molecular formula is C14H22ClN3O3S2. The topological polar surface area (TPSA) is 69.7 Å². The molecule has 1 aliphatic rings. The molecule has 0 saturated carbocycles. The number of hydrogen-bond donors (Lipinski definition) is 1. The van der Waals surface area contributed by atoms with Gasteiger partial charge in [0.1, 0.15) is 4.21 Å². The van der Waals surface area contributed by atoms with Crippen molar-refractivity contribution in [2.75, 3.05) is 39.3 Å². The Morgan fingerprint density at radius 3 is 2.61 bits per heavy atom. The Bertz CT molecular complexity index is 627. The molecular weight excluding hydrogens is 358 g/mol. The Labute approximate surface area is 146 Å². The molecule has 2 heterocycles. The number of hydrogen-bond acceptors (Lipinski definition) is 5. The van der Waals surface area contributed by atoms with Crippen LogP contribution in [0.4, 0.5) is 0 Å². The molecule has 1 fully saturated rings. The zero-order valence-corrected chi connectivity index (χ0v) is 15.5. The summed E-state index contributed by atoms with van der Waals surface area (Å²) in [5, 5.41) is 3.19. The summed E-state index contributed by atoms with van der Waals surface area (Å²) < 4.78 is 27.4. The van der Waals surface area contributed by atoms with E-state index < -0.39 is 10.0 Å². The van der Waals surface area contributed by atoms with Crippen molar-refractivity contribution >= 4 is 38.9 Å². The van der Waals surface area contributed by atoms with Gasteiger partial charge in [-0.25, -0.2) is 8.42 Å². The molecule has 0 radical (unpaired) electrons. The van der Waals surface area contributed by atoms with Crippen LogP contribution >= 0.6 is 22.9 Å². The number of carbonyl (C=O) groups is 1. The quantitative estimate of drug-likeness (QED) is 0.781. The van der Waals surface area contributed by atoms with E-state index in [1.165, 1.54) is 10.4 Å². The average Bonchev–Trinajstić information content (AvgIpc) is 2.99. The molecule has 1 saturated heterocycles. The van der Waals surface area contributed by atoms with Gasteiger partial charge in [-0.3, -0.25) is 4.79 Å². The number of rotatable bonds is 7. The number of carbonyl (C=O) groups excluding carboxylic acids is 1. The van der Waals surface area contributed by atoms with Gasteiger partial charge < -0.3 is 10.2 Å². The van der Waals surface area contributed by atoms with Crippen LogP contribution in [0, 0.1) is 0 Å². The van der Waals surface area contributed by atoms with Crippen LogP contribution in [0.2, 0.25) is 4.34 Å². The van der Waals surface area contributed by atoms with E-state index in [1.54, 1.807) is 11.0 Å². The maximum absolute atomic E-state index is 12.7. The Hall–Kier alpha value is -0.670. The number of halogens is 1. The largest absolute Gasteiger partial charge is 0.340 e. The van der Waals surface area contributed by atoms with Crippen LogP contribution < -0.4 is 5.32 Å². The molecule has 0 aromatic carbocycles. The first-order chi connectivity index (χ1) is 10.9. The molecule has 0 unspecified atom stereocenters. The molecule has 1 aromatic heterocycles. The van der Waals surface area contributed by atoms with Crippen LogP contribution in [-0.2, 0) is 14.8 Å². The smallest absolute Gasteiger partial charge is 0.252 e.